The van der Waals surface area contributed by atoms with Crippen LogP contribution in [0, 0.1) is 11.6 Å². The van der Waals surface area contributed by atoms with Gasteiger partial charge in [-0.25, -0.2) is 8.78 Å². The van der Waals surface area contributed by atoms with Gasteiger partial charge >= 0.3 is 0 Å². The summed E-state index contributed by atoms with van der Waals surface area (Å²) in [5.74, 6) is -0.852. The van der Waals surface area contributed by atoms with Gasteiger partial charge in [-0.3, -0.25) is 0 Å². The summed E-state index contributed by atoms with van der Waals surface area (Å²) in [6, 6.07) is 8.01. The van der Waals surface area contributed by atoms with Crippen molar-refractivity contribution in [2.45, 2.75) is 0 Å². The van der Waals surface area contributed by atoms with E-state index in [2.05, 4.69) is 10.6 Å². The van der Waals surface area contributed by atoms with E-state index in [9.17, 15) is 8.78 Å². The Bertz CT molecular complexity index is 662. The van der Waals surface area contributed by atoms with Crippen LogP contribution in [0.4, 0.5) is 20.2 Å². The lowest BCUT2D eigenvalue weighted by atomic mass is 10.3. The first-order valence-corrected chi connectivity index (χ1v) is 6.64. The Morgan fingerprint density at radius 1 is 1.10 bits per heavy atom. The highest BCUT2D eigenvalue weighted by Crippen LogP contribution is 2.27. The average molecular weight is 329 g/mol. The molecule has 0 bridgehead atoms. The first-order chi connectivity index (χ1) is 9.97. The van der Waals surface area contributed by atoms with Crippen molar-refractivity contribution in [1.29, 1.82) is 0 Å². The summed E-state index contributed by atoms with van der Waals surface area (Å²) >= 11 is 11.0. The normalized spacial score (nSPS) is 10.1. The second-order valence-corrected chi connectivity index (χ2v) is 4.93. The maximum Gasteiger partial charge on any atom is 0.175 e. The summed E-state index contributed by atoms with van der Waals surface area (Å²) < 4.78 is 31.4. The maximum atomic E-state index is 13.1. The van der Waals surface area contributed by atoms with E-state index in [0.717, 1.165) is 18.2 Å². The average Bonchev–Trinajstić information content (AvgIpc) is 2.37. The van der Waals surface area contributed by atoms with E-state index in [0.29, 0.717) is 16.5 Å². The van der Waals surface area contributed by atoms with Crippen molar-refractivity contribution in [3.05, 3.63) is 53.1 Å². The summed E-state index contributed by atoms with van der Waals surface area (Å²) in [6.45, 7) is 0. The predicted molar refractivity (Wildman–Crippen MR) is 84.2 cm³/mol. The van der Waals surface area contributed by atoms with Gasteiger partial charge < -0.3 is 15.4 Å². The van der Waals surface area contributed by atoms with Gasteiger partial charge in [0.25, 0.3) is 0 Å². The number of anilines is 2. The molecule has 0 radical (unpaired) electrons. The fraction of sp³-hybridized carbons (Fsp3) is 0.0714. The zero-order valence-corrected chi connectivity index (χ0v) is 12.5. The van der Waals surface area contributed by atoms with Gasteiger partial charge in [-0.1, -0.05) is 11.6 Å². The zero-order valence-electron chi connectivity index (χ0n) is 10.9. The van der Waals surface area contributed by atoms with E-state index in [4.69, 9.17) is 28.6 Å². The Hall–Kier alpha value is -1.92. The van der Waals surface area contributed by atoms with Gasteiger partial charge in [0.15, 0.2) is 5.11 Å². The number of halogens is 3. The monoisotopic (exact) mass is 328 g/mol. The summed E-state index contributed by atoms with van der Waals surface area (Å²) in [7, 11) is 1.51. The van der Waals surface area contributed by atoms with Crippen LogP contribution in [0.2, 0.25) is 5.02 Å². The third kappa shape index (κ3) is 4.27. The SMILES string of the molecule is COc1ccc(Cl)cc1NC(=S)Nc1cc(F)cc(F)c1. The van der Waals surface area contributed by atoms with Gasteiger partial charge in [-0.15, -0.1) is 0 Å². The van der Waals surface area contributed by atoms with Crippen LogP contribution in [0.25, 0.3) is 0 Å². The molecule has 2 aromatic rings. The minimum Gasteiger partial charge on any atom is -0.495 e. The highest BCUT2D eigenvalue weighted by Gasteiger charge is 2.07. The Morgan fingerprint density at radius 2 is 1.76 bits per heavy atom. The molecule has 2 aromatic carbocycles. The molecule has 2 rings (SSSR count). The van der Waals surface area contributed by atoms with Crippen LogP contribution < -0.4 is 15.4 Å². The molecule has 0 saturated carbocycles. The smallest absolute Gasteiger partial charge is 0.175 e. The third-order valence-electron chi connectivity index (χ3n) is 2.53. The van der Waals surface area contributed by atoms with Crippen molar-refractivity contribution >= 4 is 40.3 Å². The van der Waals surface area contributed by atoms with Crippen LogP contribution >= 0.6 is 23.8 Å². The van der Waals surface area contributed by atoms with Crippen LogP contribution in [0.3, 0.4) is 0 Å². The molecule has 0 aliphatic heterocycles. The molecule has 0 atom stereocenters. The molecule has 0 saturated heterocycles. The van der Waals surface area contributed by atoms with Gasteiger partial charge in [-0.2, -0.15) is 0 Å². The molecule has 0 unspecified atom stereocenters. The number of methoxy groups -OCH3 is 1. The molecule has 21 heavy (non-hydrogen) atoms. The zero-order chi connectivity index (χ0) is 15.4. The molecule has 0 heterocycles. The number of nitrogens with one attached hydrogen (secondary N) is 2. The predicted octanol–water partition coefficient (Wildman–Crippen LogP) is 4.44. The fourth-order valence-electron chi connectivity index (χ4n) is 1.69. The Kier molecular flexibility index (Phi) is 4.93. The maximum absolute atomic E-state index is 13.1. The van der Waals surface area contributed by atoms with Gasteiger partial charge in [0.05, 0.1) is 12.8 Å². The largest absolute Gasteiger partial charge is 0.495 e. The van der Waals surface area contributed by atoms with Crippen molar-refractivity contribution < 1.29 is 13.5 Å². The molecule has 0 aliphatic carbocycles. The molecule has 0 spiro atoms. The van der Waals surface area contributed by atoms with Crippen LogP contribution in [-0.2, 0) is 0 Å². The van der Waals surface area contributed by atoms with Crippen molar-refractivity contribution in [2.75, 3.05) is 17.7 Å². The van der Waals surface area contributed by atoms with Crippen molar-refractivity contribution in [2.24, 2.45) is 0 Å². The van der Waals surface area contributed by atoms with E-state index in [-0.39, 0.29) is 10.8 Å². The van der Waals surface area contributed by atoms with Gasteiger partial charge in [-0.05, 0) is 42.5 Å². The van der Waals surface area contributed by atoms with Crippen LogP contribution in [0.1, 0.15) is 0 Å². The van der Waals surface area contributed by atoms with E-state index >= 15 is 0 Å². The van der Waals surface area contributed by atoms with Gasteiger partial charge in [0.2, 0.25) is 0 Å². The lowest BCUT2D eigenvalue weighted by Crippen LogP contribution is -2.19. The summed E-state index contributed by atoms with van der Waals surface area (Å²) in [4.78, 5) is 0. The Balaban J connectivity index is 2.13. The first kappa shape index (κ1) is 15.5. The molecule has 0 fully saturated rings. The highest BCUT2D eigenvalue weighted by molar-refractivity contribution is 7.80. The first-order valence-electron chi connectivity index (χ1n) is 5.85. The van der Waals surface area contributed by atoms with Crippen molar-refractivity contribution in [3.8, 4) is 5.75 Å². The van der Waals surface area contributed by atoms with E-state index in [1.165, 1.54) is 7.11 Å². The number of rotatable bonds is 3. The fourth-order valence-corrected chi connectivity index (χ4v) is 2.09. The molecular formula is C14H11ClF2N2OS. The molecule has 110 valence electrons. The summed E-state index contributed by atoms with van der Waals surface area (Å²) in [5, 5.41) is 6.19. The summed E-state index contributed by atoms with van der Waals surface area (Å²) in [6.07, 6.45) is 0. The quantitative estimate of drug-likeness (QED) is 0.816. The molecule has 7 heteroatoms. The number of hydrogen-bond donors (Lipinski definition) is 2. The van der Waals surface area contributed by atoms with E-state index < -0.39 is 11.6 Å². The molecule has 2 N–H and O–H groups in total. The minimum atomic E-state index is -0.694. The Labute approximate surface area is 130 Å². The van der Waals surface area contributed by atoms with Crippen LogP contribution in [-0.4, -0.2) is 12.2 Å². The number of benzene rings is 2. The van der Waals surface area contributed by atoms with Crippen LogP contribution in [0.15, 0.2) is 36.4 Å². The number of hydrogen-bond acceptors (Lipinski definition) is 2. The van der Waals surface area contributed by atoms with Gasteiger partial charge in [0, 0.05) is 16.8 Å². The van der Waals surface area contributed by atoms with E-state index in [1.54, 1.807) is 18.2 Å². The second-order valence-electron chi connectivity index (χ2n) is 4.08. The third-order valence-corrected chi connectivity index (χ3v) is 2.97. The standard InChI is InChI=1S/C14H11ClF2N2OS/c1-20-13-3-2-8(15)4-12(13)19-14(21)18-11-6-9(16)5-10(17)7-11/h2-7H,1H3,(H2,18,19,21). The highest BCUT2D eigenvalue weighted by atomic mass is 35.5. The van der Waals surface area contributed by atoms with Crippen LogP contribution in [0.5, 0.6) is 5.75 Å². The molecular weight excluding hydrogens is 318 g/mol. The van der Waals surface area contributed by atoms with Gasteiger partial charge in [0.1, 0.15) is 17.4 Å². The van der Waals surface area contributed by atoms with Crippen molar-refractivity contribution in [3.63, 3.8) is 0 Å². The molecule has 0 aromatic heterocycles. The lowest BCUT2D eigenvalue weighted by Gasteiger charge is -2.13. The second kappa shape index (κ2) is 6.69. The minimum absolute atomic E-state index is 0.153. The lowest BCUT2D eigenvalue weighted by molar-refractivity contribution is 0.417. The number of ether oxygens (including phenoxy) is 1. The molecule has 0 aliphatic rings. The van der Waals surface area contributed by atoms with E-state index in [1.807, 2.05) is 0 Å². The van der Waals surface area contributed by atoms with Crippen molar-refractivity contribution in [1.82, 2.24) is 0 Å². The topological polar surface area (TPSA) is 33.3 Å². The Morgan fingerprint density at radius 3 is 2.38 bits per heavy atom. The summed E-state index contributed by atoms with van der Waals surface area (Å²) in [5.41, 5.74) is 0.741. The molecule has 3 nitrogen and oxygen atoms in total. The number of thiocarbonyl (C=S) groups is 1. The molecule has 0 amide bonds.